The van der Waals surface area contributed by atoms with Crippen LogP contribution in [0.25, 0.3) is 11.0 Å². The number of carbonyl (C=O) groups is 1. The van der Waals surface area contributed by atoms with Gasteiger partial charge in [-0.3, -0.25) is 9.48 Å². The van der Waals surface area contributed by atoms with E-state index in [0.717, 1.165) is 10.9 Å². The number of para-hydroxylation sites is 1. The average Bonchev–Trinajstić information content (AvgIpc) is 3.27. The van der Waals surface area contributed by atoms with E-state index in [2.05, 4.69) is 5.10 Å². The summed E-state index contributed by atoms with van der Waals surface area (Å²) in [5, 5.41) is 5.06. The van der Waals surface area contributed by atoms with Gasteiger partial charge in [-0.25, -0.2) is 8.42 Å². The van der Waals surface area contributed by atoms with Crippen LogP contribution in [0.2, 0.25) is 0 Å². The van der Waals surface area contributed by atoms with Gasteiger partial charge < -0.3 is 9.32 Å². The van der Waals surface area contributed by atoms with Gasteiger partial charge in [-0.15, -0.1) is 0 Å². The van der Waals surface area contributed by atoms with Gasteiger partial charge in [-0.2, -0.15) is 5.10 Å². The molecule has 1 fully saturated rings. The van der Waals surface area contributed by atoms with Crippen LogP contribution >= 0.6 is 0 Å². The first-order valence-electron chi connectivity index (χ1n) is 8.49. The van der Waals surface area contributed by atoms with Crippen molar-refractivity contribution in [2.24, 2.45) is 0 Å². The number of aromatic nitrogens is 2. The molecule has 1 atom stereocenters. The van der Waals surface area contributed by atoms with Gasteiger partial charge >= 0.3 is 0 Å². The Morgan fingerprint density at radius 1 is 1.35 bits per heavy atom. The highest BCUT2D eigenvalue weighted by Crippen LogP contribution is 2.29. The molecule has 8 heteroatoms. The topological polar surface area (TPSA) is 85.4 Å². The summed E-state index contributed by atoms with van der Waals surface area (Å²) in [5.74, 6) is -0.227. The minimum atomic E-state index is -3.21. The fourth-order valence-electron chi connectivity index (χ4n) is 3.28. The summed E-state index contributed by atoms with van der Waals surface area (Å²) in [6, 6.07) is 8.54. The summed E-state index contributed by atoms with van der Waals surface area (Å²) in [6.07, 6.45) is 3.43. The normalized spacial score (nSPS) is 19.7. The number of aryl methyl sites for hydroxylation is 1. The van der Waals surface area contributed by atoms with E-state index in [9.17, 15) is 13.2 Å². The molecule has 0 aliphatic carbocycles. The van der Waals surface area contributed by atoms with Gasteiger partial charge in [0.05, 0.1) is 23.7 Å². The van der Waals surface area contributed by atoms with Crippen LogP contribution in [0.1, 0.15) is 29.1 Å². The SMILES string of the molecule is CCn1cc([C@H]2CS(=O)(=O)CCN2C(=O)c2cc3ccccc3o2)cn1. The molecule has 7 nitrogen and oxygen atoms in total. The number of carbonyl (C=O) groups excluding carboxylic acids is 1. The van der Waals surface area contributed by atoms with Gasteiger partial charge in [0.2, 0.25) is 0 Å². The second-order valence-electron chi connectivity index (χ2n) is 6.41. The van der Waals surface area contributed by atoms with Crippen LogP contribution in [-0.4, -0.2) is 47.1 Å². The van der Waals surface area contributed by atoms with Gasteiger partial charge in [0, 0.05) is 30.2 Å². The Bertz CT molecular complexity index is 1030. The highest BCUT2D eigenvalue weighted by Gasteiger charge is 2.37. The Labute approximate surface area is 151 Å². The maximum Gasteiger partial charge on any atom is 0.290 e. The van der Waals surface area contributed by atoms with Crippen molar-refractivity contribution < 1.29 is 17.6 Å². The summed E-state index contributed by atoms with van der Waals surface area (Å²) < 4.78 is 31.7. The molecule has 0 N–H and O–H groups in total. The van der Waals surface area contributed by atoms with Crippen LogP contribution in [0, 0.1) is 0 Å². The minimum Gasteiger partial charge on any atom is -0.451 e. The highest BCUT2D eigenvalue weighted by molar-refractivity contribution is 7.91. The predicted molar refractivity (Wildman–Crippen MR) is 96.5 cm³/mol. The third-order valence-corrected chi connectivity index (χ3v) is 6.32. The number of benzene rings is 1. The van der Waals surface area contributed by atoms with E-state index in [1.54, 1.807) is 34.1 Å². The molecule has 0 unspecified atom stereocenters. The van der Waals surface area contributed by atoms with E-state index in [1.165, 1.54) is 0 Å². The number of rotatable bonds is 3. The van der Waals surface area contributed by atoms with E-state index < -0.39 is 15.9 Å². The van der Waals surface area contributed by atoms with Gasteiger partial charge in [0.25, 0.3) is 5.91 Å². The van der Waals surface area contributed by atoms with E-state index in [0.29, 0.717) is 12.1 Å². The van der Waals surface area contributed by atoms with E-state index in [-0.39, 0.29) is 29.7 Å². The molecule has 1 saturated heterocycles. The maximum atomic E-state index is 13.1. The van der Waals surface area contributed by atoms with Gasteiger partial charge in [0.1, 0.15) is 5.58 Å². The number of sulfone groups is 1. The quantitative estimate of drug-likeness (QED) is 0.703. The Kier molecular flexibility index (Phi) is 4.07. The third-order valence-electron chi connectivity index (χ3n) is 4.69. The lowest BCUT2D eigenvalue weighted by Crippen LogP contribution is -2.46. The van der Waals surface area contributed by atoms with Crippen molar-refractivity contribution in [2.75, 3.05) is 18.1 Å². The molecular formula is C18H19N3O4S. The Hall–Kier alpha value is -2.61. The van der Waals surface area contributed by atoms with E-state index >= 15 is 0 Å². The standard InChI is InChI=1S/C18H19N3O4S/c1-2-20-11-14(10-19-20)15-12-26(23,24)8-7-21(15)18(22)17-9-13-5-3-4-6-16(13)25-17/h3-6,9-11,15H,2,7-8,12H2,1H3/t15-/m1/s1. The molecule has 1 aliphatic rings. The minimum absolute atomic E-state index is 0.0443. The zero-order valence-corrected chi connectivity index (χ0v) is 15.1. The summed E-state index contributed by atoms with van der Waals surface area (Å²) >= 11 is 0. The van der Waals surface area contributed by atoms with Crippen LogP contribution in [-0.2, 0) is 16.4 Å². The maximum absolute atomic E-state index is 13.1. The number of hydrogen-bond acceptors (Lipinski definition) is 5. The first kappa shape index (κ1) is 16.8. The molecule has 136 valence electrons. The lowest BCUT2D eigenvalue weighted by molar-refractivity contribution is 0.0667. The van der Waals surface area contributed by atoms with Crippen LogP contribution in [0.3, 0.4) is 0 Å². The van der Waals surface area contributed by atoms with Crippen molar-refractivity contribution in [2.45, 2.75) is 19.5 Å². The van der Waals surface area contributed by atoms with Crippen molar-refractivity contribution in [1.29, 1.82) is 0 Å². The van der Waals surface area contributed by atoms with Crippen molar-refractivity contribution >= 4 is 26.7 Å². The van der Waals surface area contributed by atoms with Crippen molar-refractivity contribution in [3.63, 3.8) is 0 Å². The summed E-state index contributed by atoms with van der Waals surface area (Å²) in [4.78, 5) is 14.6. The number of furan rings is 1. The number of hydrogen-bond donors (Lipinski definition) is 0. The molecule has 0 radical (unpaired) electrons. The summed E-state index contributed by atoms with van der Waals surface area (Å²) in [7, 11) is -3.21. The zero-order valence-electron chi connectivity index (χ0n) is 14.3. The van der Waals surface area contributed by atoms with Gasteiger partial charge in [-0.1, -0.05) is 18.2 Å². The Morgan fingerprint density at radius 3 is 2.88 bits per heavy atom. The second kappa shape index (κ2) is 6.28. The average molecular weight is 373 g/mol. The molecule has 0 saturated carbocycles. The van der Waals surface area contributed by atoms with Crippen LogP contribution in [0.15, 0.2) is 47.1 Å². The molecule has 3 heterocycles. The van der Waals surface area contributed by atoms with Crippen molar-refractivity contribution in [3.8, 4) is 0 Å². The smallest absolute Gasteiger partial charge is 0.290 e. The molecule has 1 aromatic carbocycles. The summed E-state index contributed by atoms with van der Waals surface area (Å²) in [5.41, 5.74) is 1.36. The first-order valence-corrected chi connectivity index (χ1v) is 10.3. The second-order valence-corrected chi connectivity index (χ2v) is 8.64. The highest BCUT2D eigenvalue weighted by atomic mass is 32.2. The van der Waals surface area contributed by atoms with Gasteiger partial charge in [-0.05, 0) is 19.1 Å². The number of fused-ring (bicyclic) bond motifs is 1. The Balaban J connectivity index is 1.70. The van der Waals surface area contributed by atoms with Gasteiger partial charge in [0.15, 0.2) is 15.6 Å². The van der Waals surface area contributed by atoms with Crippen LogP contribution in [0.5, 0.6) is 0 Å². The fourth-order valence-corrected chi connectivity index (χ4v) is 4.77. The number of nitrogens with zero attached hydrogens (tertiary/aromatic N) is 3. The lowest BCUT2D eigenvalue weighted by atomic mass is 10.1. The largest absolute Gasteiger partial charge is 0.451 e. The molecular weight excluding hydrogens is 354 g/mol. The molecule has 2 aromatic heterocycles. The molecule has 0 bridgehead atoms. The Morgan fingerprint density at radius 2 is 2.15 bits per heavy atom. The summed E-state index contributed by atoms with van der Waals surface area (Å²) in [6.45, 7) is 2.77. The molecule has 1 aliphatic heterocycles. The third kappa shape index (κ3) is 3.01. The molecule has 4 rings (SSSR count). The monoisotopic (exact) mass is 373 g/mol. The molecule has 26 heavy (non-hydrogen) atoms. The fraction of sp³-hybridized carbons (Fsp3) is 0.333. The molecule has 0 spiro atoms. The number of amides is 1. The van der Waals surface area contributed by atoms with Crippen LogP contribution < -0.4 is 0 Å². The van der Waals surface area contributed by atoms with Crippen LogP contribution in [0.4, 0.5) is 0 Å². The zero-order chi connectivity index (χ0) is 18.3. The van der Waals surface area contributed by atoms with Crippen molar-refractivity contribution in [1.82, 2.24) is 14.7 Å². The first-order chi connectivity index (χ1) is 12.5. The predicted octanol–water partition coefficient (Wildman–Crippen LogP) is 2.26. The van der Waals surface area contributed by atoms with E-state index in [1.807, 2.05) is 25.1 Å². The molecule has 1 amide bonds. The molecule has 3 aromatic rings. The van der Waals surface area contributed by atoms with Crippen molar-refractivity contribution in [3.05, 3.63) is 54.0 Å². The lowest BCUT2D eigenvalue weighted by Gasteiger charge is -2.34. The van der Waals surface area contributed by atoms with E-state index in [4.69, 9.17) is 4.42 Å².